The molecule has 1 aromatic rings. The zero-order chi connectivity index (χ0) is 11.5. The van der Waals surface area contributed by atoms with E-state index >= 15 is 0 Å². The fraction of sp³-hybridized carbons (Fsp3) is 0.455. The molecule has 0 heterocycles. The number of aliphatic hydroxyl groups is 1. The van der Waals surface area contributed by atoms with Crippen molar-refractivity contribution in [1.82, 2.24) is 0 Å². The quantitative estimate of drug-likeness (QED) is 0.846. The van der Waals surface area contributed by atoms with E-state index in [4.69, 9.17) is 0 Å². The van der Waals surface area contributed by atoms with Gasteiger partial charge in [-0.05, 0) is 19.4 Å². The number of aliphatic hydroxyl groups excluding tert-OH is 1. The predicted molar refractivity (Wildman–Crippen MR) is 60.2 cm³/mol. The third kappa shape index (κ3) is 3.32. The summed E-state index contributed by atoms with van der Waals surface area (Å²) in [5.41, 5.74) is 0.755. The molecular formula is C11H16O3S. The summed E-state index contributed by atoms with van der Waals surface area (Å²) in [6.07, 6.45) is -0.835. The molecule has 0 spiro atoms. The number of rotatable bonds is 4. The van der Waals surface area contributed by atoms with Crippen LogP contribution in [-0.4, -0.2) is 24.9 Å². The van der Waals surface area contributed by atoms with Gasteiger partial charge >= 0.3 is 0 Å². The van der Waals surface area contributed by atoms with Crippen LogP contribution >= 0.6 is 0 Å². The van der Waals surface area contributed by atoms with Gasteiger partial charge in [-0.1, -0.05) is 30.3 Å². The third-order valence-corrected chi connectivity index (χ3v) is 4.72. The van der Waals surface area contributed by atoms with E-state index in [1.54, 1.807) is 24.3 Å². The minimum Gasteiger partial charge on any atom is -0.392 e. The van der Waals surface area contributed by atoms with Crippen LogP contribution in [-0.2, 0) is 15.6 Å². The lowest BCUT2D eigenvalue weighted by molar-refractivity contribution is 0.193. The van der Waals surface area contributed by atoms with E-state index in [9.17, 15) is 13.5 Å². The zero-order valence-electron chi connectivity index (χ0n) is 8.92. The van der Waals surface area contributed by atoms with Gasteiger partial charge in [-0.3, -0.25) is 0 Å². The van der Waals surface area contributed by atoms with Gasteiger partial charge in [0.15, 0.2) is 9.84 Å². The van der Waals surface area contributed by atoms with E-state index in [0.717, 1.165) is 5.56 Å². The van der Waals surface area contributed by atoms with E-state index in [-0.39, 0.29) is 5.75 Å². The highest BCUT2D eigenvalue weighted by atomic mass is 32.2. The first-order valence-corrected chi connectivity index (χ1v) is 6.58. The lowest BCUT2D eigenvalue weighted by Gasteiger charge is -2.15. The van der Waals surface area contributed by atoms with Crippen LogP contribution in [0, 0.1) is 0 Å². The first-order valence-electron chi connectivity index (χ1n) is 4.87. The Hall–Kier alpha value is -0.870. The molecule has 0 aliphatic heterocycles. The maximum Gasteiger partial charge on any atom is 0.159 e. The van der Waals surface area contributed by atoms with Crippen molar-refractivity contribution in [3.8, 4) is 0 Å². The highest BCUT2D eigenvalue weighted by molar-refractivity contribution is 7.91. The predicted octanol–water partition coefficient (Wildman–Crippen LogP) is 1.37. The summed E-state index contributed by atoms with van der Waals surface area (Å²) in [6, 6.07) is 8.99. The molecule has 15 heavy (non-hydrogen) atoms. The summed E-state index contributed by atoms with van der Waals surface area (Å²) in [5.74, 6) is -0.0140. The molecule has 0 radical (unpaired) electrons. The van der Waals surface area contributed by atoms with Crippen LogP contribution in [0.4, 0.5) is 0 Å². The second-order valence-electron chi connectivity index (χ2n) is 3.74. The highest BCUT2D eigenvalue weighted by Crippen LogP contribution is 2.13. The Bertz CT molecular complexity index is 395. The maximum absolute atomic E-state index is 11.8. The molecule has 2 unspecified atom stereocenters. The van der Waals surface area contributed by atoms with Gasteiger partial charge in [-0.2, -0.15) is 0 Å². The van der Waals surface area contributed by atoms with Crippen molar-refractivity contribution in [3.05, 3.63) is 35.9 Å². The minimum absolute atomic E-state index is 0.0140. The third-order valence-electron chi connectivity index (χ3n) is 2.46. The Morgan fingerprint density at radius 1 is 1.20 bits per heavy atom. The standard InChI is InChI=1S/C11H16O3S/c1-9(12)10(2)15(13,14)8-11-6-4-3-5-7-11/h3-7,9-10,12H,8H2,1-2H3. The summed E-state index contributed by atoms with van der Waals surface area (Å²) in [4.78, 5) is 0. The minimum atomic E-state index is -3.26. The molecule has 84 valence electrons. The summed E-state index contributed by atoms with van der Waals surface area (Å²) in [6.45, 7) is 3.02. The fourth-order valence-corrected chi connectivity index (χ4v) is 2.76. The molecule has 0 bridgehead atoms. The molecule has 0 amide bonds. The van der Waals surface area contributed by atoms with E-state index in [2.05, 4.69) is 0 Å². The SMILES string of the molecule is CC(O)C(C)S(=O)(=O)Cc1ccccc1. The monoisotopic (exact) mass is 228 g/mol. The van der Waals surface area contributed by atoms with Crippen LogP contribution in [0.1, 0.15) is 19.4 Å². The van der Waals surface area contributed by atoms with Crippen molar-refractivity contribution in [2.45, 2.75) is 31.0 Å². The van der Waals surface area contributed by atoms with Crippen LogP contribution in [0.3, 0.4) is 0 Å². The van der Waals surface area contributed by atoms with Crippen molar-refractivity contribution in [3.63, 3.8) is 0 Å². The number of hydrogen-bond acceptors (Lipinski definition) is 3. The van der Waals surface area contributed by atoms with E-state index in [0.29, 0.717) is 0 Å². The van der Waals surface area contributed by atoms with Gasteiger partial charge in [0, 0.05) is 0 Å². The van der Waals surface area contributed by atoms with Crippen molar-refractivity contribution in [2.75, 3.05) is 0 Å². The van der Waals surface area contributed by atoms with Crippen LogP contribution in [0.2, 0.25) is 0 Å². The topological polar surface area (TPSA) is 54.4 Å². The fourth-order valence-electron chi connectivity index (χ4n) is 1.24. The molecule has 0 fully saturated rings. The number of sulfone groups is 1. The molecular weight excluding hydrogens is 212 g/mol. The Morgan fingerprint density at radius 3 is 2.20 bits per heavy atom. The van der Waals surface area contributed by atoms with Gasteiger partial charge in [-0.15, -0.1) is 0 Å². The van der Waals surface area contributed by atoms with Crippen LogP contribution in [0.5, 0.6) is 0 Å². The Balaban J connectivity index is 2.82. The molecule has 1 aromatic carbocycles. The van der Waals surface area contributed by atoms with Gasteiger partial charge in [-0.25, -0.2) is 8.42 Å². The summed E-state index contributed by atoms with van der Waals surface area (Å²) < 4.78 is 23.6. The largest absolute Gasteiger partial charge is 0.392 e. The molecule has 1 N–H and O–H groups in total. The summed E-state index contributed by atoms with van der Waals surface area (Å²) >= 11 is 0. The first-order chi connectivity index (χ1) is 6.93. The first kappa shape index (κ1) is 12.2. The second kappa shape index (κ2) is 4.77. The van der Waals surface area contributed by atoms with Crippen LogP contribution in [0.15, 0.2) is 30.3 Å². The smallest absolute Gasteiger partial charge is 0.159 e. The molecule has 3 nitrogen and oxygen atoms in total. The van der Waals surface area contributed by atoms with Crippen molar-refractivity contribution in [1.29, 1.82) is 0 Å². The zero-order valence-corrected chi connectivity index (χ0v) is 9.74. The number of benzene rings is 1. The molecule has 1 rings (SSSR count). The molecule has 0 saturated carbocycles. The highest BCUT2D eigenvalue weighted by Gasteiger charge is 2.25. The van der Waals surface area contributed by atoms with Crippen LogP contribution < -0.4 is 0 Å². The lowest BCUT2D eigenvalue weighted by Crippen LogP contribution is -2.30. The molecule has 4 heteroatoms. The molecule has 2 atom stereocenters. The average Bonchev–Trinajstić information content (AvgIpc) is 2.17. The van der Waals surface area contributed by atoms with Crippen molar-refractivity contribution < 1.29 is 13.5 Å². The normalized spacial score (nSPS) is 15.9. The van der Waals surface area contributed by atoms with E-state index in [1.807, 2.05) is 6.07 Å². The average molecular weight is 228 g/mol. The molecule has 0 aliphatic carbocycles. The van der Waals surface area contributed by atoms with Gasteiger partial charge in [0.25, 0.3) is 0 Å². The van der Waals surface area contributed by atoms with Crippen molar-refractivity contribution in [2.24, 2.45) is 0 Å². The summed E-state index contributed by atoms with van der Waals surface area (Å²) in [7, 11) is -3.26. The Kier molecular flexibility index (Phi) is 3.88. The summed E-state index contributed by atoms with van der Waals surface area (Å²) in [5, 5.41) is 8.53. The van der Waals surface area contributed by atoms with Gasteiger partial charge in [0.05, 0.1) is 17.1 Å². The Morgan fingerprint density at radius 2 is 1.73 bits per heavy atom. The van der Waals surface area contributed by atoms with Crippen molar-refractivity contribution >= 4 is 9.84 Å². The van der Waals surface area contributed by atoms with Gasteiger partial charge in [0.2, 0.25) is 0 Å². The van der Waals surface area contributed by atoms with Crippen LogP contribution in [0.25, 0.3) is 0 Å². The second-order valence-corrected chi connectivity index (χ2v) is 6.10. The molecule has 0 saturated heterocycles. The molecule has 0 aliphatic rings. The van der Waals surface area contributed by atoms with Gasteiger partial charge in [0.1, 0.15) is 0 Å². The maximum atomic E-state index is 11.8. The van der Waals surface area contributed by atoms with E-state index in [1.165, 1.54) is 13.8 Å². The lowest BCUT2D eigenvalue weighted by atomic mass is 10.2. The number of hydrogen-bond donors (Lipinski definition) is 1. The Labute approximate surface area is 90.7 Å². The van der Waals surface area contributed by atoms with E-state index < -0.39 is 21.2 Å². The van der Waals surface area contributed by atoms with Gasteiger partial charge < -0.3 is 5.11 Å². The molecule has 0 aromatic heterocycles.